The summed E-state index contributed by atoms with van der Waals surface area (Å²) in [5.74, 6) is -0.357. The fourth-order valence-electron chi connectivity index (χ4n) is 7.93. The molecule has 0 saturated carbocycles. The molecule has 5 aromatic carbocycles. The van der Waals surface area contributed by atoms with Crippen LogP contribution in [0.1, 0.15) is 11.1 Å². The molecule has 64 heavy (non-hydrogen) atoms. The van der Waals surface area contributed by atoms with Gasteiger partial charge in [0.05, 0.1) is 15.4 Å². The van der Waals surface area contributed by atoms with Crippen molar-refractivity contribution in [3.63, 3.8) is 0 Å². The summed E-state index contributed by atoms with van der Waals surface area (Å²) in [5.41, 5.74) is 1.28. The van der Waals surface area contributed by atoms with E-state index in [4.69, 9.17) is 19.9 Å². The highest BCUT2D eigenvalue weighted by Gasteiger charge is 2.30. The molecule has 10 rings (SSSR count). The van der Waals surface area contributed by atoms with E-state index in [-0.39, 0.29) is 94.7 Å². The average Bonchev–Trinajstić information content (AvgIpc) is 3.95. The van der Waals surface area contributed by atoms with Crippen molar-refractivity contribution in [1.29, 1.82) is 0 Å². The van der Waals surface area contributed by atoms with Gasteiger partial charge in [0.15, 0.2) is 23.3 Å². The smallest absolute Gasteiger partial charge is 0.295 e. The number of H-pyrrole nitrogens is 2. The summed E-state index contributed by atoms with van der Waals surface area (Å²) in [6.45, 7) is 3.19. The maximum absolute atomic E-state index is 14.4. The van der Waals surface area contributed by atoms with Gasteiger partial charge in [0.25, 0.3) is 40.4 Å². The molecule has 0 spiro atoms. The molecule has 5 heterocycles. The minimum absolute atomic E-state index is 0.0141. The van der Waals surface area contributed by atoms with E-state index >= 15 is 0 Å². The minimum atomic E-state index is -4.97. The number of rotatable bonds is 6. The molecule has 0 radical (unpaired) electrons. The van der Waals surface area contributed by atoms with Crippen molar-refractivity contribution in [2.75, 3.05) is 4.72 Å². The molecule has 20 nitrogen and oxygen atoms in total. The summed E-state index contributed by atoms with van der Waals surface area (Å²) < 4.78 is 137. The van der Waals surface area contributed by atoms with Crippen LogP contribution in [0.25, 0.3) is 89.7 Å². The van der Waals surface area contributed by atoms with Gasteiger partial charge < -0.3 is 9.97 Å². The lowest BCUT2D eigenvalue weighted by Gasteiger charge is -2.11. The highest BCUT2D eigenvalue weighted by atomic mass is 32.2. The lowest BCUT2D eigenvalue weighted by molar-refractivity contribution is 0.480. The van der Waals surface area contributed by atoms with Crippen LogP contribution in [0.5, 0.6) is 0 Å². The Bertz CT molecular complexity index is 4080. The number of fused-ring (bicyclic) bond motifs is 20. The lowest BCUT2D eigenvalue weighted by atomic mass is 10.0. The van der Waals surface area contributed by atoms with Gasteiger partial charge in [-0.25, -0.2) is 38.3 Å². The highest BCUT2D eigenvalue weighted by molar-refractivity contribution is 7.93. The molecule has 2 aliphatic rings. The summed E-state index contributed by atoms with van der Waals surface area (Å²) >= 11 is 0. The minimum Gasteiger partial charge on any atom is -0.324 e. The first kappa shape index (κ1) is 41.0. The predicted molar refractivity (Wildman–Crippen MR) is 232 cm³/mol. The zero-order valence-corrected chi connectivity index (χ0v) is 35.9. The van der Waals surface area contributed by atoms with E-state index in [1.807, 2.05) is 13.0 Å². The number of hydrogen-bond acceptors (Lipinski definition) is 14. The van der Waals surface area contributed by atoms with Crippen LogP contribution in [0.4, 0.5) is 5.69 Å². The van der Waals surface area contributed by atoms with E-state index in [1.165, 1.54) is 61.5 Å². The second-order valence-electron chi connectivity index (χ2n) is 14.7. The molecule has 8 bridgehead atoms. The Morgan fingerprint density at radius 3 is 1.48 bits per heavy atom. The standard InChI is InChI=1S/C40H27N9O11S4/c1-18-7-3-8-21-29(18)37-41-33(21)43-38-30-22(9-4-12-26(30)61(50,51)49-20-15-16-25(19(2)17-20)62(52,53)54)34(44-38)45-39-32-24(11-6-14-28(32)64(58,59)60)36(47-39)48-40-31-23(35(42-37)46-40)10-5-13-27(31)63(55,56)57/h3-17,49H,1-2H3,(H,52,53,54)(H,55,56,57)(H,58,59,60)(H2,41,42,43,44,45,46,47,48). The van der Waals surface area contributed by atoms with Crippen molar-refractivity contribution in [3.8, 4) is 45.6 Å². The molecule has 24 heteroatoms. The highest BCUT2D eigenvalue weighted by Crippen LogP contribution is 2.41. The first-order valence-electron chi connectivity index (χ1n) is 18.5. The van der Waals surface area contributed by atoms with Gasteiger partial charge in [0.1, 0.15) is 32.4 Å². The first-order valence-corrected chi connectivity index (χ1v) is 24.4. The molecule has 0 unspecified atom stereocenters. The third-order valence-corrected chi connectivity index (χ3v) is 14.8. The van der Waals surface area contributed by atoms with Gasteiger partial charge in [-0.15, -0.1) is 0 Å². The zero-order valence-electron chi connectivity index (χ0n) is 32.6. The summed E-state index contributed by atoms with van der Waals surface area (Å²) in [6, 6.07) is 20.9. The van der Waals surface area contributed by atoms with E-state index in [9.17, 15) is 47.3 Å². The van der Waals surface area contributed by atoms with Gasteiger partial charge >= 0.3 is 0 Å². The normalized spacial score (nSPS) is 13.0. The van der Waals surface area contributed by atoms with Crippen LogP contribution in [0, 0.1) is 13.8 Å². The van der Waals surface area contributed by atoms with E-state index < -0.39 is 55.1 Å². The van der Waals surface area contributed by atoms with Crippen molar-refractivity contribution in [2.24, 2.45) is 0 Å². The Balaban J connectivity index is 1.36. The second kappa shape index (κ2) is 14.0. The first-order chi connectivity index (χ1) is 30.2. The molecule has 6 N–H and O–H groups in total. The number of hydrogen-bond donors (Lipinski definition) is 6. The molecule has 0 atom stereocenters. The Kier molecular flexibility index (Phi) is 8.94. The Hall–Kier alpha value is -7.06. The third-order valence-electron chi connectivity index (χ3n) is 10.6. The Morgan fingerprint density at radius 1 is 0.453 bits per heavy atom. The number of nitrogens with zero attached hydrogens (tertiary/aromatic N) is 6. The van der Waals surface area contributed by atoms with Gasteiger partial charge in [-0.3, -0.25) is 18.4 Å². The van der Waals surface area contributed by atoms with E-state index in [0.29, 0.717) is 16.7 Å². The van der Waals surface area contributed by atoms with Crippen LogP contribution >= 0.6 is 0 Å². The van der Waals surface area contributed by atoms with Crippen LogP contribution in [0.15, 0.2) is 111 Å². The van der Waals surface area contributed by atoms with Crippen molar-refractivity contribution < 1.29 is 47.3 Å². The van der Waals surface area contributed by atoms with Gasteiger partial charge in [0, 0.05) is 43.9 Å². The van der Waals surface area contributed by atoms with Crippen LogP contribution in [-0.2, 0) is 40.4 Å². The van der Waals surface area contributed by atoms with E-state index in [1.54, 1.807) is 12.1 Å². The summed E-state index contributed by atoms with van der Waals surface area (Å²) in [5, 5.41) is 0.222. The van der Waals surface area contributed by atoms with Crippen molar-refractivity contribution in [3.05, 3.63) is 102 Å². The molecular weight excluding hydrogens is 911 g/mol. The molecule has 3 aromatic heterocycles. The molecule has 0 saturated heterocycles. The fraction of sp³-hybridized carbons (Fsp3) is 0.0500. The zero-order chi connectivity index (χ0) is 45.2. The number of aryl methyl sites for hydroxylation is 2. The SMILES string of the molecule is Cc1cc(NS(=O)(=O)c2cccc3c4nc5nc(nc6[nH]c(nc7nc(nc([nH]4)c23)-c2cccc(C)c2-7)c2cccc(S(=O)(=O)O)c62)-c2cccc(S(=O)(=O)O)c2-5)ccc1S(=O)(=O)O. The number of aromatic nitrogens is 8. The van der Waals surface area contributed by atoms with Crippen LogP contribution < -0.4 is 4.72 Å². The number of nitrogens with one attached hydrogen (secondary N) is 3. The van der Waals surface area contributed by atoms with Gasteiger partial charge in [0.2, 0.25) is 0 Å². The number of sulfonamides is 1. The third kappa shape index (κ3) is 6.66. The fourth-order valence-corrected chi connectivity index (χ4v) is 11.3. The lowest BCUT2D eigenvalue weighted by Crippen LogP contribution is -2.14. The molecule has 0 aliphatic carbocycles. The number of aromatic amines is 2. The molecule has 2 aliphatic heterocycles. The van der Waals surface area contributed by atoms with Gasteiger partial charge in [-0.05, 0) is 61.4 Å². The number of benzene rings is 5. The van der Waals surface area contributed by atoms with Gasteiger partial charge in [-0.1, -0.05) is 54.6 Å². The van der Waals surface area contributed by atoms with E-state index in [0.717, 1.165) is 18.2 Å². The monoisotopic (exact) mass is 937 g/mol. The Morgan fingerprint density at radius 2 is 0.922 bits per heavy atom. The van der Waals surface area contributed by atoms with Crippen molar-refractivity contribution in [1.82, 2.24) is 39.9 Å². The maximum Gasteiger partial charge on any atom is 0.295 e. The largest absolute Gasteiger partial charge is 0.324 e. The van der Waals surface area contributed by atoms with Crippen molar-refractivity contribution >= 4 is 90.2 Å². The average molecular weight is 938 g/mol. The predicted octanol–water partition coefficient (Wildman–Crippen LogP) is 6.03. The summed E-state index contributed by atoms with van der Waals surface area (Å²) in [7, 11) is -19.0. The molecule has 8 aromatic rings. The molecule has 0 fully saturated rings. The van der Waals surface area contributed by atoms with Crippen molar-refractivity contribution in [2.45, 2.75) is 33.4 Å². The maximum atomic E-state index is 14.4. The molecular formula is C40H27N9O11S4. The molecule has 322 valence electrons. The van der Waals surface area contributed by atoms with Crippen LogP contribution in [-0.4, -0.2) is 87.2 Å². The van der Waals surface area contributed by atoms with Crippen LogP contribution in [0.2, 0.25) is 0 Å². The quantitative estimate of drug-likeness (QED) is 0.104. The summed E-state index contributed by atoms with van der Waals surface area (Å²) in [6.07, 6.45) is 0. The topological polar surface area (TPSA) is 318 Å². The summed E-state index contributed by atoms with van der Waals surface area (Å²) in [4.78, 5) is 32.6. The van der Waals surface area contributed by atoms with Gasteiger partial charge in [-0.2, -0.15) is 25.3 Å². The number of anilines is 1. The second-order valence-corrected chi connectivity index (χ2v) is 20.5. The Labute approximate surface area is 361 Å². The molecule has 0 amide bonds. The van der Waals surface area contributed by atoms with E-state index in [2.05, 4.69) is 24.7 Å². The van der Waals surface area contributed by atoms with Crippen LogP contribution in [0.3, 0.4) is 0 Å².